The molecule has 0 aromatic carbocycles. The van der Waals surface area contributed by atoms with Crippen molar-refractivity contribution < 1.29 is 4.74 Å². The average Bonchev–Trinajstić information content (AvgIpc) is 2.00. The SMILES string of the molecule is COC(CCS)=NCC1=NCC1. The van der Waals surface area contributed by atoms with Crippen LogP contribution in [0.15, 0.2) is 9.98 Å². The largest absolute Gasteiger partial charge is 0.484 e. The molecule has 0 unspecified atom stereocenters. The highest BCUT2D eigenvalue weighted by atomic mass is 32.1. The smallest absolute Gasteiger partial charge is 0.184 e. The third-order valence-electron chi connectivity index (χ3n) is 1.74. The summed E-state index contributed by atoms with van der Waals surface area (Å²) in [4.78, 5) is 8.44. The molecular formula is C8H14N2OS. The molecule has 1 aliphatic heterocycles. The van der Waals surface area contributed by atoms with Crippen LogP contribution in [0.4, 0.5) is 0 Å². The second-order valence-electron chi connectivity index (χ2n) is 2.59. The van der Waals surface area contributed by atoms with E-state index in [-0.39, 0.29) is 0 Å². The van der Waals surface area contributed by atoms with Gasteiger partial charge in [0.05, 0.1) is 13.7 Å². The van der Waals surface area contributed by atoms with Crippen molar-refractivity contribution in [1.82, 2.24) is 0 Å². The zero-order valence-corrected chi connectivity index (χ0v) is 8.18. The summed E-state index contributed by atoms with van der Waals surface area (Å²) >= 11 is 4.10. The van der Waals surface area contributed by atoms with Gasteiger partial charge in [-0.15, -0.1) is 0 Å². The van der Waals surface area contributed by atoms with Crippen LogP contribution in [0.3, 0.4) is 0 Å². The zero-order chi connectivity index (χ0) is 8.81. The Morgan fingerprint density at radius 2 is 2.50 bits per heavy atom. The van der Waals surface area contributed by atoms with Gasteiger partial charge in [-0.3, -0.25) is 4.99 Å². The first-order valence-corrected chi connectivity index (χ1v) is 4.70. The number of hydrogen-bond acceptors (Lipinski definition) is 4. The van der Waals surface area contributed by atoms with Crippen molar-refractivity contribution in [1.29, 1.82) is 0 Å². The summed E-state index contributed by atoms with van der Waals surface area (Å²) in [5, 5.41) is 0. The van der Waals surface area contributed by atoms with Gasteiger partial charge in [0.1, 0.15) is 0 Å². The quantitative estimate of drug-likeness (QED) is 0.399. The van der Waals surface area contributed by atoms with Gasteiger partial charge in [0.15, 0.2) is 5.90 Å². The molecule has 1 rings (SSSR count). The lowest BCUT2D eigenvalue weighted by molar-refractivity contribution is 0.391. The normalized spacial score (nSPS) is 16.8. The van der Waals surface area contributed by atoms with Crippen LogP contribution in [0.1, 0.15) is 12.8 Å². The Kier molecular flexibility index (Phi) is 4.14. The summed E-state index contributed by atoms with van der Waals surface area (Å²) in [6, 6.07) is 0. The van der Waals surface area contributed by atoms with Crippen molar-refractivity contribution in [2.45, 2.75) is 12.8 Å². The summed E-state index contributed by atoms with van der Waals surface area (Å²) in [5.41, 5.74) is 1.18. The van der Waals surface area contributed by atoms with Crippen molar-refractivity contribution in [2.75, 3.05) is 26.0 Å². The monoisotopic (exact) mass is 186 g/mol. The zero-order valence-electron chi connectivity index (χ0n) is 7.29. The fourth-order valence-corrected chi connectivity index (χ4v) is 1.11. The van der Waals surface area contributed by atoms with E-state index in [1.54, 1.807) is 7.11 Å². The first-order chi connectivity index (χ1) is 5.86. The van der Waals surface area contributed by atoms with E-state index < -0.39 is 0 Å². The highest BCUT2D eigenvalue weighted by Crippen LogP contribution is 2.01. The molecule has 1 aliphatic rings. The van der Waals surface area contributed by atoms with Crippen LogP contribution in [0.2, 0.25) is 0 Å². The molecule has 68 valence electrons. The van der Waals surface area contributed by atoms with Crippen molar-refractivity contribution in [3.63, 3.8) is 0 Å². The molecule has 0 atom stereocenters. The Labute approximate surface area is 78.3 Å². The van der Waals surface area contributed by atoms with Crippen LogP contribution in [-0.2, 0) is 4.74 Å². The molecule has 0 bridgehead atoms. The fourth-order valence-electron chi connectivity index (χ4n) is 0.920. The molecule has 3 nitrogen and oxygen atoms in total. The standard InChI is InChI=1S/C8H14N2OS/c1-11-8(3-5-12)10-6-7-2-4-9-7/h12H,2-6H2,1H3. The van der Waals surface area contributed by atoms with Crippen LogP contribution >= 0.6 is 12.6 Å². The molecule has 0 radical (unpaired) electrons. The molecule has 0 saturated heterocycles. The van der Waals surface area contributed by atoms with Gasteiger partial charge in [-0.2, -0.15) is 12.6 Å². The Balaban J connectivity index is 2.30. The molecule has 1 heterocycles. The molecule has 4 heteroatoms. The maximum absolute atomic E-state index is 5.06. The van der Waals surface area contributed by atoms with E-state index >= 15 is 0 Å². The van der Waals surface area contributed by atoms with Crippen LogP contribution in [-0.4, -0.2) is 37.6 Å². The van der Waals surface area contributed by atoms with E-state index in [0.29, 0.717) is 6.54 Å². The van der Waals surface area contributed by atoms with E-state index in [2.05, 4.69) is 22.6 Å². The fraction of sp³-hybridized carbons (Fsp3) is 0.750. The van der Waals surface area contributed by atoms with Gasteiger partial charge in [-0.25, -0.2) is 4.99 Å². The minimum Gasteiger partial charge on any atom is -0.484 e. The molecule has 0 aromatic rings. The number of thiol groups is 1. The lowest BCUT2D eigenvalue weighted by Gasteiger charge is -2.11. The predicted molar refractivity (Wildman–Crippen MR) is 54.7 cm³/mol. The van der Waals surface area contributed by atoms with Gasteiger partial charge >= 0.3 is 0 Å². The van der Waals surface area contributed by atoms with E-state index in [9.17, 15) is 0 Å². The average molecular weight is 186 g/mol. The number of ether oxygens (including phenoxy) is 1. The minimum absolute atomic E-state index is 0.705. The number of hydrogen-bond donors (Lipinski definition) is 1. The van der Waals surface area contributed by atoms with Gasteiger partial charge in [-0.1, -0.05) is 0 Å². The van der Waals surface area contributed by atoms with Gasteiger partial charge < -0.3 is 4.74 Å². The third-order valence-corrected chi connectivity index (χ3v) is 1.96. The first-order valence-electron chi connectivity index (χ1n) is 4.07. The van der Waals surface area contributed by atoms with Crippen LogP contribution in [0, 0.1) is 0 Å². The lowest BCUT2D eigenvalue weighted by atomic mass is 10.2. The third kappa shape index (κ3) is 2.85. The minimum atomic E-state index is 0.705. The van der Waals surface area contributed by atoms with Gasteiger partial charge in [0.25, 0.3) is 0 Å². The topological polar surface area (TPSA) is 34.0 Å². The highest BCUT2D eigenvalue weighted by molar-refractivity contribution is 7.80. The molecule has 0 amide bonds. The van der Waals surface area contributed by atoms with E-state index in [1.807, 2.05) is 0 Å². The van der Waals surface area contributed by atoms with E-state index in [1.165, 1.54) is 5.71 Å². The highest BCUT2D eigenvalue weighted by Gasteiger charge is 2.06. The Morgan fingerprint density at radius 3 is 2.92 bits per heavy atom. The summed E-state index contributed by atoms with van der Waals surface area (Å²) < 4.78 is 5.06. The van der Waals surface area contributed by atoms with Crippen LogP contribution in [0.5, 0.6) is 0 Å². The van der Waals surface area contributed by atoms with Gasteiger partial charge in [-0.05, 0) is 5.75 Å². The molecule has 0 aliphatic carbocycles. The van der Waals surface area contributed by atoms with Crippen LogP contribution in [0.25, 0.3) is 0 Å². The van der Waals surface area contributed by atoms with Crippen molar-refractivity contribution in [3.8, 4) is 0 Å². The maximum Gasteiger partial charge on any atom is 0.184 e. The second kappa shape index (κ2) is 5.19. The number of methoxy groups -OCH3 is 1. The molecule has 0 aromatic heterocycles. The molecule has 0 N–H and O–H groups in total. The Morgan fingerprint density at radius 1 is 1.75 bits per heavy atom. The molecule has 0 fully saturated rings. The molecular weight excluding hydrogens is 172 g/mol. The predicted octanol–water partition coefficient (Wildman–Crippen LogP) is 1.20. The van der Waals surface area contributed by atoms with Crippen molar-refractivity contribution in [3.05, 3.63) is 0 Å². The van der Waals surface area contributed by atoms with Crippen LogP contribution < -0.4 is 0 Å². The van der Waals surface area contributed by atoms with Crippen molar-refractivity contribution >= 4 is 24.2 Å². The summed E-state index contributed by atoms with van der Waals surface area (Å²) in [5.74, 6) is 1.55. The number of nitrogens with zero attached hydrogens (tertiary/aromatic N) is 2. The second-order valence-corrected chi connectivity index (χ2v) is 3.03. The van der Waals surface area contributed by atoms with Gasteiger partial charge in [0, 0.05) is 25.1 Å². The Hall–Kier alpha value is -0.510. The number of aliphatic imine (C=N–C) groups is 2. The van der Waals surface area contributed by atoms with Gasteiger partial charge in [0.2, 0.25) is 0 Å². The first kappa shape index (κ1) is 9.58. The summed E-state index contributed by atoms with van der Waals surface area (Å²) in [6.45, 7) is 1.68. The molecule has 0 saturated carbocycles. The Bertz CT molecular complexity index is 201. The molecule has 12 heavy (non-hydrogen) atoms. The van der Waals surface area contributed by atoms with E-state index in [0.717, 1.165) is 31.0 Å². The summed E-state index contributed by atoms with van der Waals surface area (Å²) in [7, 11) is 1.64. The van der Waals surface area contributed by atoms with Crippen molar-refractivity contribution in [2.24, 2.45) is 9.98 Å². The molecule has 0 spiro atoms. The number of rotatable bonds is 4. The lowest BCUT2D eigenvalue weighted by Crippen LogP contribution is -2.16. The maximum atomic E-state index is 5.06. The summed E-state index contributed by atoms with van der Waals surface area (Å²) in [6.07, 6.45) is 1.90. The van der Waals surface area contributed by atoms with E-state index in [4.69, 9.17) is 4.74 Å².